The first kappa shape index (κ1) is 17.0. The number of aliphatic imine (C=N–C) groups is 1. The van der Waals surface area contributed by atoms with E-state index in [-0.39, 0.29) is 0 Å². The first-order chi connectivity index (χ1) is 9.77. The molecule has 0 saturated carbocycles. The molecule has 116 valence electrons. The van der Waals surface area contributed by atoms with Crippen LogP contribution in [0.1, 0.15) is 6.92 Å². The number of nitrogens with zero attached hydrogens (tertiary/aromatic N) is 1. The molecule has 1 aliphatic heterocycles. The molecule has 0 radical (unpaired) electrons. The molecule has 10 heteroatoms. The van der Waals surface area contributed by atoms with Crippen LogP contribution in [0.15, 0.2) is 4.99 Å². The molecule has 1 rings (SSSR count). The summed E-state index contributed by atoms with van der Waals surface area (Å²) < 4.78 is 5.23. The third kappa shape index (κ3) is 3.02. The maximum absolute atomic E-state index is 10.2. The summed E-state index contributed by atoms with van der Waals surface area (Å²) in [5.41, 5.74) is -2.17. The summed E-state index contributed by atoms with van der Waals surface area (Å²) in [6.07, 6.45) is 2.80. The molecule has 0 aromatic heterocycles. The van der Waals surface area contributed by atoms with Crippen molar-refractivity contribution in [1.29, 1.82) is 10.8 Å². The van der Waals surface area contributed by atoms with Gasteiger partial charge in [-0.25, -0.2) is 10.5 Å². The highest BCUT2D eigenvalue weighted by Crippen LogP contribution is 2.38. The number of rotatable bonds is 3. The Labute approximate surface area is 120 Å². The van der Waals surface area contributed by atoms with Gasteiger partial charge >= 0.3 is 0 Å². The fraction of sp³-hybridized carbons (Fsp3) is 0.545. The molecule has 0 unspecified atom stereocenters. The van der Waals surface area contributed by atoms with Crippen LogP contribution in [0.3, 0.4) is 0 Å². The number of hydrogen-bond acceptors (Lipinski definition) is 8. The minimum atomic E-state index is -1.95. The fourth-order valence-corrected chi connectivity index (χ4v) is 1.80. The van der Waals surface area contributed by atoms with Crippen molar-refractivity contribution < 1.29 is 25.3 Å². The minimum absolute atomic E-state index is 0.404. The Bertz CT molecular complexity index is 500. The number of terminal acetylenes is 1. The van der Waals surface area contributed by atoms with Crippen molar-refractivity contribution in [1.82, 2.24) is 10.8 Å². The molecule has 0 aliphatic carbocycles. The average Bonchev–Trinajstić information content (AvgIpc) is 2.67. The van der Waals surface area contributed by atoms with Gasteiger partial charge in [0, 0.05) is 0 Å². The molecule has 1 fully saturated rings. The van der Waals surface area contributed by atoms with E-state index >= 15 is 0 Å². The Kier molecular flexibility index (Phi) is 5.00. The maximum atomic E-state index is 10.2. The molecule has 0 aromatic carbocycles. The van der Waals surface area contributed by atoms with E-state index in [4.69, 9.17) is 27.2 Å². The first-order valence-corrected chi connectivity index (χ1v) is 5.78. The molecule has 10 nitrogen and oxygen atoms in total. The highest BCUT2D eigenvalue weighted by molar-refractivity contribution is 6.30. The van der Waals surface area contributed by atoms with Gasteiger partial charge in [-0.2, -0.15) is 0 Å². The molecule has 0 aromatic rings. The average molecular weight is 299 g/mol. The minimum Gasteiger partial charge on any atom is -0.392 e. The summed E-state index contributed by atoms with van der Waals surface area (Å²) >= 11 is 0. The number of aliphatic hydroxyl groups excluding tert-OH is 2. The van der Waals surface area contributed by atoms with Crippen LogP contribution in [0.25, 0.3) is 0 Å². The number of hydrogen-bond donors (Lipinski definition) is 8. The quantitative estimate of drug-likeness (QED) is 0.122. The molecular formula is C11H17N5O5. The zero-order valence-corrected chi connectivity index (χ0v) is 11.2. The van der Waals surface area contributed by atoms with Gasteiger partial charge in [-0.3, -0.25) is 10.6 Å². The van der Waals surface area contributed by atoms with Crippen LogP contribution < -0.4 is 10.8 Å². The van der Waals surface area contributed by atoms with Gasteiger partial charge in [-0.05, 0) is 6.92 Å². The Morgan fingerprint density at radius 1 is 1.62 bits per heavy atom. The SMILES string of the molecule is C#C[C@]1(CO)O[C@@H](N=C(NO)NC(=N)C=N)[C@](C)(O)[C@@H]1O. The van der Waals surface area contributed by atoms with E-state index in [0.717, 1.165) is 0 Å². The van der Waals surface area contributed by atoms with Crippen molar-refractivity contribution in [3.05, 3.63) is 0 Å². The standard InChI is InChI=1S/C11H17N5O5/c1-3-11(5-17)7(18)10(2,19)8(21-11)15-9(16-20)14-6(13)4-12/h1,4,7-8,12,17-20H,5H2,2H3,(H3,13,14,15,16)/t7-,8+,10+,11+/m0/s1. The van der Waals surface area contributed by atoms with E-state index in [9.17, 15) is 15.3 Å². The van der Waals surface area contributed by atoms with Crippen molar-refractivity contribution >= 4 is 18.0 Å². The van der Waals surface area contributed by atoms with E-state index in [0.29, 0.717) is 6.21 Å². The van der Waals surface area contributed by atoms with Gasteiger partial charge in [-0.1, -0.05) is 5.92 Å². The van der Waals surface area contributed by atoms with Gasteiger partial charge in [0.1, 0.15) is 17.5 Å². The molecule has 1 heterocycles. The lowest BCUT2D eigenvalue weighted by Crippen LogP contribution is -2.51. The van der Waals surface area contributed by atoms with Crippen LogP contribution in [-0.2, 0) is 4.74 Å². The van der Waals surface area contributed by atoms with Crippen molar-refractivity contribution in [3.8, 4) is 12.3 Å². The fourth-order valence-electron chi connectivity index (χ4n) is 1.80. The van der Waals surface area contributed by atoms with Crippen molar-refractivity contribution in [3.63, 3.8) is 0 Å². The van der Waals surface area contributed by atoms with E-state index in [2.05, 4.69) is 16.2 Å². The lowest BCUT2D eigenvalue weighted by Gasteiger charge is -2.27. The van der Waals surface area contributed by atoms with Crippen LogP contribution in [0.2, 0.25) is 0 Å². The Hall–Kier alpha value is -2.03. The van der Waals surface area contributed by atoms with Crippen LogP contribution in [0, 0.1) is 23.2 Å². The number of aliphatic hydroxyl groups is 3. The number of hydroxylamine groups is 1. The first-order valence-electron chi connectivity index (χ1n) is 5.78. The van der Waals surface area contributed by atoms with Gasteiger partial charge in [0.15, 0.2) is 11.8 Å². The molecular weight excluding hydrogens is 282 g/mol. The summed E-state index contributed by atoms with van der Waals surface area (Å²) in [5.74, 6) is 1.26. The number of nitrogens with one attached hydrogen (secondary N) is 4. The summed E-state index contributed by atoms with van der Waals surface area (Å²) in [7, 11) is 0. The lowest BCUT2D eigenvalue weighted by atomic mass is 9.88. The monoisotopic (exact) mass is 299 g/mol. The Morgan fingerprint density at radius 3 is 2.62 bits per heavy atom. The number of guanidine groups is 1. The van der Waals surface area contributed by atoms with Gasteiger partial charge in [0.25, 0.3) is 0 Å². The molecule has 1 saturated heterocycles. The molecule has 0 bridgehead atoms. The second-order valence-electron chi connectivity index (χ2n) is 4.56. The predicted octanol–water partition coefficient (Wildman–Crippen LogP) is -2.63. The maximum Gasteiger partial charge on any atom is 0.223 e. The Balaban J connectivity index is 3.10. The van der Waals surface area contributed by atoms with Crippen molar-refractivity contribution in [2.75, 3.05) is 6.61 Å². The summed E-state index contributed by atoms with van der Waals surface area (Å²) in [5, 5.41) is 54.7. The zero-order chi connectivity index (χ0) is 16.3. The van der Waals surface area contributed by atoms with Gasteiger partial charge in [0.2, 0.25) is 5.96 Å². The van der Waals surface area contributed by atoms with Crippen LogP contribution in [0.5, 0.6) is 0 Å². The Morgan fingerprint density at radius 2 is 2.24 bits per heavy atom. The summed E-state index contributed by atoms with van der Waals surface area (Å²) in [6, 6.07) is 0. The summed E-state index contributed by atoms with van der Waals surface area (Å²) in [6.45, 7) is 0.440. The van der Waals surface area contributed by atoms with Crippen molar-refractivity contribution in [2.24, 2.45) is 4.99 Å². The van der Waals surface area contributed by atoms with E-state index < -0.39 is 41.9 Å². The van der Waals surface area contributed by atoms with Gasteiger partial charge < -0.3 is 30.8 Å². The van der Waals surface area contributed by atoms with Crippen molar-refractivity contribution in [2.45, 2.75) is 30.5 Å². The normalized spacial score (nSPS) is 35.9. The largest absolute Gasteiger partial charge is 0.392 e. The van der Waals surface area contributed by atoms with Gasteiger partial charge in [0.05, 0.1) is 12.8 Å². The highest BCUT2D eigenvalue weighted by Gasteiger charge is 2.60. The van der Waals surface area contributed by atoms with Crippen LogP contribution in [0.4, 0.5) is 0 Å². The third-order valence-electron chi connectivity index (χ3n) is 3.05. The zero-order valence-electron chi connectivity index (χ0n) is 11.2. The van der Waals surface area contributed by atoms with E-state index in [1.165, 1.54) is 6.92 Å². The molecule has 0 amide bonds. The molecule has 1 aliphatic rings. The predicted molar refractivity (Wildman–Crippen MR) is 72.2 cm³/mol. The van der Waals surface area contributed by atoms with E-state index in [1.54, 1.807) is 5.48 Å². The molecule has 0 spiro atoms. The summed E-state index contributed by atoms with van der Waals surface area (Å²) in [4.78, 5) is 3.74. The molecule has 4 atom stereocenters. The van der Waals surface area contributed by atoms with Gasteiger partial charge in [-0.15, -0.1) is 6.42 Å². The molecule has 21 heavy (non-hydrogen) atoms. The second kappa shape index (κ2) is 6.17. The second-order valence-corrected chi connectivity index (χ2v) is 4.56. The third-order valence-corrected chi connectivity index (χ3v) is 3.05. The van der Waals surface area contributed by atoms with Crippen LogP contribution in [-0.4, -0.2) is 68.7 Å². The highest BCUT2D eigenvalue weighted by atomic mass is 16.6. The molecule has 8 N–H and O–H groups in total. The van der Waals surface area contributed by atoms with Crippen LogP contribution >= 0.6 is 0 Å². The topological polar surface area (TPSA) is 174 Å². The lowest BCUT2D eigenvalue weighted by molar-refractivity contribution is -0.0714. The van der Waals surface area contributed by atoms with E-state index in [1.807, 2.05) is 0 Å². The smallest absolute Gasteiger partial charge is 0.223 e. The number of ether oxygens (including phenoxy) is 1. The number of amidine groups is 1.